The van der Waals surface area contributed by atoms with Gasteiger partial charge in [-0.25, -0.2) is 15.0 Å². The van der Waals surface area contributed by atoms with Crippen LogP contribution in [0, 0.1) is 11.8 Å². The lowest BCUT2D eigenvalue weighted by Gasteiger charge is -2.19. The van der Waals surface area contributed by atoms with Crippen molar-refractivity contribution in [2.45, 2.75) is 24.5 Å². The van der Waals surface area contributed by atoms with E-state index in [1.807, 2.05) is 6.07 Å². The number of nitrogen functional groups attached to an aromatic ring is 1. The average molecular weight is 510 g/mol. The number of anilines is 1. The van der Waals surface area contributed by atoms with Crippen molar-refractivity contribution < 1.29 is 29.3 Å². The van der Waals surface area contributed by atoms with Gasteiger partial charge >= 0.3 is 0 Å². The molecule has 13 nitrogen and oxygen atoms in total. The number of carbonyl (C=O) groups is 2. The topological polar surface area (TPSA) is 178 Å². The number of fused-ring (bicyclic) bond motifs is 1. The van der Waals surface area contributed by atoms with Crippen molar-refractivity contribution in [3.8, 4) is 11.8 Å². The maximum atomic E-state index is 12.9. The molecule has 0 saturated carbocycles. The third kappa shape index (κ3) is 5.37. The van der Waals surface area contributed by atoms with Crippen LogP contribution in [0.4, 0.5) is 5.82 Å². The summed E-state index contributed by atoms with van der Waals surface area (Å²) < 4.78 is 12.1. The van der Waals surface area contributed by atoms with Crippen molar-refractivity contribution in [2.75, 3.05) is 39.6 Å². The van der Waals surface area contributed by atoms with Crippen LogP contribution in [-0.4, -0.2) is 98.6 Å². The number of amides is 2. The minimum Gasteiger partial charge on any atom is -0.387 e. The molecule has 3 heterocycles. The van der Waals surface area contributed by atoms with Gasteiger partial charge < -0.3 is 35.6 Å². The Labute approximate surface area is 212 Å². The number of ether oxygens (including phenoxy) is 2. The van der Waals surface area contributed by atoms with Crippen molar-refractivity contribution in [1.82, 2.24) is 29.7 Å². The molecule has 1 fully saturated rings. The summed E-state index contributed by atoms with van der Waals surface area (Å²) >= 11 is 0. The van der Waals surface area contributed by atoms with Crippen LogP contribution in [-0.2, 0) is 14.3 Å². The number of aliphatic hydroxyl groups is 2. The third-order valence-electron chi connectivity index (χ3n) is 5.81. The first-order chi connectivity index (χ1) is 17.8. The first-order valence-electron chi connectivity index (χ1n) is 11.4. The van der Waals surface area contributed by atoms with E-state index < -0.39 is 30.4 Å². The van der Waals surface area contributed by atoms with Crippen LogP contribution in [0.2, 0.25) is 0 Å². The molecule has 4 atom stereocenters. The number of hydrogen-bond acceptors (Lipinski definition) is 10. The maximum absolute atomic E-state index is 12.9. The first-order valence-corrected chi connectivity index (χ1v) is 11.4. The second kappa shape index (κ2) is 11.3. The van der Waals surface area contributed by atoms with Crippen LogP contribution in [0.5, 0.6) is 0 Å². The van der Waals surface area contributed by atoms with Gasteiger partial charge in [0.25, 0.3) is 11.8 Å². The molecule has 2 amide bonds. The molecule has 3 aromatic rings. The molecule has 4 rings (SSSR count). The Morgan fingerprint density at radius 2 is 2.00 bits per heavy atom. The summed E-state index contributed by atoms with van der Waals surface area (Å²) in [5.41, 5.74) is 7.02. The normalized spacial score (nSPS) is 20.9. The van der Waals surface area contributed by atoms with E-state index in [0.29, 0.717) is 18.7 Å². The number of rotatable bonds is 7. The van der Waals surface area contributed by atoms with Crippen molar-refractivity contribution in [1.29, 1.82) is 0 Å². The molecule has 1 aromatic carbocycles. The molecule has 194 valence electrons. The Morgan fingerprint density at radius 1 is 1.24 bits per heavy atom. The van der Waals surface area contributed by atoms with E-state index in [0.717, 1.165) is 0 Å². The van der Waals surface area contributed by atoms with Crippen molar-refractivity contribution in [3.05, 3.63) is 48.0 Å². The number of likely N-dealkylation sites (N-methyl/N-ethyl adjacent to an activating group) is 1. The highest BCUT2D eigenvalue weighted by molar-refractivity contribution is 5.94. The van der Waals surface area contributed by atoms with Gasteiger partial charge in [0.2, 0.25) is 5.82 Å². The number of nitrogens with two attached hydrogens (primary N) is 1. The van der Waals surface area contributed by atoms with Crippen molar-refractivity contribution in [2.24, 2.45) is 0 Å². The predicted octanol–water partition coefficient (Wildman–Crippen LogP) is -1.09. The number of aliphatic hydroxyl groups excluding tert-OH is 2. The lowest BCUT2D eigenvalue weighted by molar-refractivity contribution is -0.137. The molecular weight excluding hydrogens is 482 g/mol. The lowest BCUT2D eigenvalue weighted by Crippen LogP contribution is -2.41. The van der Waals surface area contributed by atoms with E-state index in [9.17, 15) is 19.8 Å². The second-order valence-corrected chi connectivity index (χ2v) is 8.19. The molecule has 2 aromatic heterocycles. The predicted molar refractivity (Wildman–Crippen MR) is 131 cm³/mol. The SMILES string of the molecule is CNC(=O)C1OC(n2cnc3c(N)nc(C#CCN(CCOC)C(=O)c4ccccc4)nc32)[C@H](O)[C@@H]1O. The lowest BCUT2D eigenvalue weighted by atomic mass is 10.1. The summed E-state index contributed by atoms with van der Waals surface area (Å²) in [6.45, 7) is 0.753. The molecule has 0 spiro atoms. The molecule has 2 unspecified atom stereocenters. The van der Waals surface area contributed by atoms with Gasteiger partial charge in [-0.15, -0.1) is 0 Å². The molecule has 1 aliphatic rings. The first kappa shape index (κ1) is 26.0. The molecule has 5 N–H and O–H groups in total. The summed E-state index contributed by atoms with van der Waals surface area (Å²) in [5, 5.41) is 23.2. The van der Waals surface area contributed by atoms with E-state index >= 15 is 0 Å². The number of aromatic nitrogens is 4. The number of methoxy groups -OCH3 is 1. The fourth-order valence-electron chi connectivity index (χ4n) is 3.86. The number of hydrogen-bond donors (Lipinski definition) is 4. The zero-order valence-electron chi connectivity index (χ0n) is 20.2. The fraction of sp³-hybridized carbons (Fsp3) is 0.375. The van der Waals surface area contributed by atoms with E-state index in [-0.39, 0.29) is 35.3 Å². The molecule has 1 aliphatic heterocycles. The van der Waals surface area contributed by atoms with E-state index in [4.69, 9.17) is 15.2 Å². The Balaban J connectivity index is 1.59. The Kier molecular flexibility index (Phi) is 7.95. The number of nitrogens with zero attached hydrogens (tertiary/aromatic N) is 5. The van der Waals surface area contributed by atoms with Gasteiger partial charge in [0.15, 0.2) is 23.8 Å². The standard InChI is InChI=1S/C24H27N7O6/c1-26-22(34)19-17(32)18(33)24(37-19)31-13-27-16-20(25)28-15(29-21(16)31)9-6-10-30(11-12-36-2)23(35)14-7-4-3-5-8-14/h3-5,7-8,13,17-19,24,32-33H,10-12H2,1-2H3,(H,26,34)(H2,25,28,29)/t17-,18+,19?,24?/m0/s1. The van der Waals surface area contributed by atoms with Gasteiger partial charge in [0.1, 0.15) is 17.7 Å². The minimum absolute atomic E-state index is 0.0422. The van der Waals surface area contributed by atoms with Gasteiger partial charge in [0.05, 0.1) is 19.5 Å². The zero-order valence-corrected chi connectivity index (χ0v) is 20.2. The fourth-order valence-corrected chi connectivity index (χ4v) is 3.86. The van der Waals surface area contributed by atoms with Gasteiger partial charge in [-0.1, -0.05) is 24.1 Å². The Bertz CT molecular complexity index is 1340. The molecule has 1 saturated heterocycles. The van der Waals surface area contributed by atoms with Gasteiger partial charge in [-0.2, -0.15) is 0 Å². The zero-order chi connectivity index (χ0) is 26.5. The van der Waals surface area contributed by atoms with Gasteiger partial charge in [0, 0.05) is 26.3 Å². The van der Waals surface area contributed by atoms with Gasteiger partial charge in [-0.3, -0.25) is 14.2 Å². The second-order valence-electron chi connectivity index (χ2n) is 8.19. The quantitative estimate of drug-likeness (QED) is 0.286. The molecule has 0 bridgehead atoms. The highest BCUT2D eigenvalue weighted by atomic mass is 16.6. The molecular formula is C24H27N7O6. The summed E-state index contributed by atoms with van der Waals surface area (Å²) in [4.78, 5) is 39.2. The Hall–Kier alpha value is -4.09. The number of benzene rings is 1. The minimum atomic E-state index is -1.46. The van der Waals surface area contributed by atoms with Crippen LogP contribution in [0.3, 0.4) is 0 Å². The Morgan fingerprint density at radius 3 is 2.70 bits per heavy atom. The molecule has 0 aliphatic carbocycles. The average Bonchev–Trinajstić information content (AvgIpc) is 3.46. The summed E-state index contributed by atoms with van der Waals surface area (Å²) in [7, 11) is 2.94. The van der Waals surface area contributed by atoms with Crippen LogP contribution >= 0.6 is 0 Å². The summed E-state index contributed by atoms with van der Waals surface area (Å²) in [6.07, 6.45) is -3.98. The van der Waals surface area contributed by atoms with E-state index in [1.54, 1.807) is 36.3 Å². The van der Waals surface area contributed by atoms with Crippen LogP contribution < -0.4 is 11.1 Å². The molecule has 0 radical (unpaired) electrons. The largest absolute Gasteiger partial charge is 0.387 e. The number of imidazole rings is 1. The summed E-state index contributed by atoms with van der Waals surface area (Å²) in [5.74, 6) is 5.03. The third-order valence-corrected chi connectivity index (χ3v) is 5.81. The monoisotopic (exact) mass is 509 g/mol. The maximum Gasteiger partial charge on any atom is 0.254 e. The highest BCUT2D eigenvalue weighted by Crippen LogP contribution is 2.32. The van der Waals surface area contributed by atoms with Crippen molar-refractivity contribution >= 4 is 28.8 Å². The van der Waals surface area contributed by atoms with Crippen LogP contribution in [0.25, 0.3) is 11.2 Å². The van der Waals surface area contributed by atoms with Crippen LogP contribution in [0.15, 0.2) is 36.7 Å². The number of nitrogens with one attached hydrogen (secondary N) is 1. The van der Waals surface area contributed by atoms with E-state index in [1.165, 1.54) is 17.9 Å². The van der Waals surface area contributed by atoms with E-state index in [2.05, 4.69) is 32.1 Å². The van der Waals surface area contributed by atoms with Crippen LogP contribution in [0.1, 0.15) is 22.4 Å². The van der Waals surface area contributed by atoms with Gasteiger partial charge in [-0.05, 0) is 18.1 Å². The summed E-state index contributed by atoms with van der Waals surface area (Å²) in [6, 6.07) is 8.83. The number of carbonyl (C=O) groups excluding carboxylic acids is 2. The van der Waals surface area contributed by atoms with Crippen molar-refractivity contribution in [3.63, 3.8) is 0 Å². The smallest absolute Gasteiger partial charge is 0.254 e. The highest BCUT2D eigenvalue weighted by Gasteiger charge is 2.47. The molecule has 37 heavy (non-hydrogen) atoms. The molecule has 13 heteroatoms.